The highest BCUT2D eigenvalue weighted by molar-refractivity contribution is 5.91. The van der Waals surface area contributed by atoms with Crippen molar-refractivity contribution in [3.8, 4) is 22.5 Å². The van der Waals surface area contributed by atoms with Gasteiger partial charge in [0.15, 0.2) is 0 Å². The summed E-state index contributed by atoms with van der Waals surface area (Å²) in [6.45, 7) is 5.55. The fourth-order valence-electron chi connectivity index (χ4n) is 4.36. The Kier molecular flexibility index (Phi) is 4.51. The highest BCUT2D eigenvalue weighted by Gasteiger charge is 2.26. The Labute approximate surface area is 174 Å². The van der Waals surface area contributed by atoms with Crippen molar-refractivity contribution in [1.82, 2.24) is 15.0 Å². The maximum absolute atomic E-state index is 14.2. The molecule has 1 saturated heterocycles. The lowest BCUT2D eigenvalue weighted by Gasteiger charge is -2.24. The van der Waals surface area contributed by atoms with Gasteiger partial charge in [-0.2, -0.15) is 0 Å². The van der Waals surface area contributed by atoms with Crippen LogP contribution in [0.2, 0.25) is 0 Å². The van der Waals surface area contributed by atoms with E-state index in [1.54, 1.807) is 6.07 Å². The SMILES string of the molecule is Cc1cc(F)cc(-c2cncc(-c3nc4c(C)cccc4[nH]3)c2N2CC[C@H](N)C2)c1. The second-order valence-electron chi connectivity index (χ2n) is 8.15. The van der Waals surface area contributed by atoms with Gasteiger partial charge in [-0.3, -0.25) is 4.98 Å². The molecule has 1 atom stereocenters. The molecule has 0 aliphatic carbocycles. The van der Waals surface area contributed by atoms with E-state index in [4.69, 9.17) is 10.7 Å². The van der Waals surface area contributed by atoms with Crippen molar-refractivity contribution >= 4 is 16.7 Å². The van der Waals surface area contributed by atoms with Crippen LogP contribution in [0.25, 0.3) is 33.5 Å². The summed E-state index contributed by atoms with van der Waals surface area (Å²) in [5.41, 5.74) is 13.8. The number of aromatic amines is 1. The number of benzene rings is 2. The van der Waals surface area contributed by atoms with Crippen LogP contribution < -0.4 is 10.6 Å². The number of hydrogen-bond donors (Lipinski definition) is 2. The van der Waals surface area contributed by atoms with E-state index in [0.29, 0.717) is 0 Å². The van der Waals surface area contributed by atoms with Crippen LogP contribution in [0.4, 0.5) is 10.1 Å². The number of aromatic nitrogens is 3. The van der Waals surface area contributed by atoms with Crippen molar-refractivity contribution in [1.29, 1.82) is 0 Å². The number of nitrogens with one attached hydrogen (secondary N) is 1. The topological polar surface area (TPSA) is 70.8 Å². The first-order valence-electron chi connectivity index (χ1n) is 10.2. The molecule has 3 N–H and O–H groups in total. The highest BCUT2D eigenvalue weighted by atomic mass is 19.1. The van der Waals surface area contributed by atoms with E-state index in [1.807, 2.05) is 37.5 Å². The summed E-state index contributed by atoms with van der Waals surface area (Å²) < 4.78 is 14.2. The van der Waals surface area contributed by atoms with Gasteiger partial charge < -0.3 is 15.6 Å². The fraction of sp³-hybridized carbons (Fsp3) is 0.250. The van der Waals surface area contributed by atoms with Crippen molar-refractivity contribution in [3.63, 3.8) is 0 Å². The number of halogens is 1. The third-order valence-corrected chi connectivity index (χ3v) is 5.78. The summed E-state index contributed by atoms with van der Waals surface area (Å²) in [5, 5.41) is 0. The standard InChI is InChI=1S/C24H24FN5/c1-14-8-16(10-17(25)9-14)19-11-27-12-20(23(19)30-7-6-18(26)13-30)24-28-21-5-3-4-15(2)22(21)29-24/h3-5,8-12,18H,6-7,13,26H2,1-2H3,(H,28,29)/t18-/m0/s1. The zero-order valence-electron chi connectivity index (χ0n) is 17.1. The van der Waals surface area contributed by atoms with Crippen LogP contribution in [0.5, 0.6) is 0 Å². The van der Waals surface area contributed by atoms with Gasteiger partial charge in [0.1, 0.15) is 11.6 Å². The normalized spacial score (nSPS) is 16.5. The summed E-state index contributed by atoms with van der Waals surface area (Å²) in [4.78, 5) is 15.1. The number of nitrogens with two attached hydrogens (primary N) is 1. The predicted molar refractivity (Wildman–Crippen MR) is 119 cm³/mol. The summed E-state index contributed by atoms with van der Waals surface area (Å²) in [6, 6.07) is 11.3. The number of imidazole rings is 1. The maximum atomic E-state index is 14.2. The van der Waals surface area contributed by atoms with Crippen LogP contribution in [0.3, 0.4) is 0 Å². The van der Waals surface area contributed by atoms with Crippen molar-refractivity contribution in [2.45, 2.75) is 26.3 Å². The van der Waals surface area contributed by atoms with E-state index in [1.165, 1.54) is 6.07 Å². The molecule has 152 valence electrons. The van der Waals surface area contributed by atoms with Gasteiger partial charge in [-0.1, -0.05) is 18.2 Å². The molecule has 6 heteroatoms. The van der Waals surface area contributed by atoms with Gasteiger partial charge in [0.25, 0.3) is 0 Å². The van der Waals surface area contributed by atoms with Crippen LogP contribution in [0.1, 0.15) is 17.5 Å². The van der Waals surface area contributed by atoms with E-state index in [9.17, 15) is 4.39 Å². The molecule has 1 aliphatic rings. The molecule has 0 spiro atoms. The summed E-state index contributed by atoms with van der Waals surface area (Å²) in [7, 11) is 0. The van der Waals surface area contributed by atoms with E-state index < -0.39 is 0 Å². The van der Waals surface area contributed by atoms with Gasteiger partial charge in [-0.05, 0) is 55.2 Å². The molecule has 0 saturated carbocycles. The van der Waals surface area contributed by atoms with E-state index in [0.717, 1.165) is 69.9 Å². The number of anilines is 1. The Hall–Kier alpha value is -3.25. The average Bonchev–Trinajstić information content (AvgIpc) is 3.34. The van der Waals surface area contributed by atoms with Crippen molar-refractivity contribution in [2.75, 3.05) is 18.0 Å². The highest BCUT2D eigenvalue weighted by Crippen LogP contribution is 2.40. The van der Waals surface area contributed by atoms with Crippen LogP contribution in [-0.2, 0) is 0 Å². The number of rotatable bonds is 3. The Morgan fingerprint density at radius 2 is 1.97 bits per heavy atom. The molecule has 1 aliphatic heterocycles. The van der Waals surface area contributed by atoms with Crippen LogP contribution in [-0.4, -0.2) is 34.1 Å². The molecule has 4 aromatic rings. The summed E-state index contributed by atoms with van der Waals surface area (Å²) in [6.07, 6.45) is 4.56. The molecule has 0 bridgehead atoms. The van der Waals surface area contributed by atoms with E-state index >= 15 is 0 Å². The molecular formula is C24H24FN5. The molecule has 5 rings (SSSR count). The van der Waals surface area contributed by atoms with Crippen LogP contribution in [0, 0.1) is 19.7 Å². The molecular weight excluding hydrogens is 377 g/mol. The average molecular weight is 401 g/mol. The second kappa shape index (κ2) is 7.22. The molecule has 0 unspecified atom stereocenters. The molecule has 2 aromatic carbocycles. The monoisotopic (exact) mass is 401 g/mol. The van der Waals surface area contributed by atoms with Gasteiger partial charge in [-0.25, -0.2) is 9.37 Å². The van der Waals surface area contributed by atoms with Gasteiger partial charge in [-0.15, -0.1) is 0 Å². The largest absolute Gasteiger partial charge is 0.369 e. The first kappa shape index (κ1) is 18.8. The van der Waals surface area contributed by atoms with E-state index in [2.05, 4.69) is 27.9 Å². The number of hydrogen-bond acceptors (Lipinski definition) is 4. The van der Waals surface area contributed by atoms with Crippen LogP contribution >= 0.6 is 0 Å². The Balaban J connectivity index is 1.75. The minimum absolute atomic E-state index is 0.117. The Morgan fingerprint density at radius 3 is 2.70 bits per heavy atom. The molecule has 5 nitrogen and oxygen atoms in total. The lowest BCUT2D eigenvalue weighted by atomic mass is 10.00. The van der Waals surface area contributed by atoms with Crippen LogP contribution in [0.15, 0.2) is 48.8 Å². The molecule has 2 aromatic heterocycles. The zero-order chi connectivity index (χ0) is 20.8. The van der Waals surface area contributed by atoms with Gasteiger partial charge in [0.05, 0.1) is 22.3 Å². The van der Waals surface area contributed by atoms with Crippen molar-refractivity contribution in [2.24, 2.45) is 5.73 Å². The first-order valence-corrected chi connectivity index (χ1v) is 10.2. The van der Waals surface area contributed by atoms with E-state index in [-0.39, 0.29) is 11.9 Å². The number of H-pyrrole nitrogens is 1. The first-order chi connectivity index (χ1) is 14.5. The molecule has 0 amide bonds. The van der Waals surface area contributed by atoms with Gasteiger partial charge in [0.2, 0.25) is 0 Å². The molecule has 30 heavy (non-hydrogen) atoms. The minimum atomic E-state index is -0.251. The quantitative estimate of drug-likeness (QED) is 0.527. The molecule has 1 fully saturated rings. The third-order valence-electron chi connectivity index (χ3n) is 5.78. The van der Waals surface area contributed by atoms with Gasteiger partial charge in [0, 0.05) is 37.1 Å². The third kappa shape index (κ3) is 3.23. The smallest absolute Gasteiger partial charge is 0.142 e. The van der Waals surface area contributed by atoms with Gasteiger partial charge >= 0.3 is 0 Å². The predicted octanol–water partition coefficient (Wildman–Crippen LogP) is 4.59. The molecule has 3 heterocycles. The number of aryl methyl sites for hydroxylation is 2. The number of fused-ring (bicyclic) bond motifs is 1. The number of pyridine rings is 1. The number of para-hydroxylation sites is 1. The minimum Gasteiger partial charge on any atom is -0.369 e. The molecule has 0 radical (unpaired) electrons. The second-order valence-corrected chi connectivity index (χ2v) is 8.15. The number of nitrogens with zero attached hydrogens (tertiary/aromatic N) is 3. The van der Waals surface area contributed by atoms with Crippen molar-refractivity contribution in [3.05, 3.63) is 65.7 Å². The maximum Gasteiger partial charge on any atom is 0.142 e. The lowest BCUT2D eigenvalue weighted by molar-refractivity contribution is 0.627. The zero-order valence-corrected chi connectivity index (χ0v) is 17.1. The van der Waals surface area contributed by atoms with Crippen molar-refractivity contribution < 1.29 is 4.39 Å². The summed E-state index contributed by atoms with van der Waals surface area (Å²) in [5.74, 6) is 0.510. The summed E-state index contributed by atoms with van der Waals surface area (Å²) >= 11 is 0. The Bertz CT molecular complexity index is 1230. The fourth-order valence-corrected chi connectivity index (χ4v) is 4.36. The Morgan fingerprint density at radius 1 is 1.13 bits per heavy atom. The lowest BCUT2D eigenvalue weighted by Crippen LogP contribution is -2.27.